The molecule has 1 aliphatic heterocycles. The van der Waals surface area contributed by atoms with E-state index >= 15 is 0 Å². The molecule has 0 aromatic heterocycles. The lowest BCUT2D eigenvalue weighted by Crippen LogP contribution is -2.44. The third kappa shape index (κ3) is 2.41. The summed E-state index contributed by atoms with van der Waals surface area (Å²) in [6.45, 7) is 0.649. The summed E-state index contributed by atoms with van der Waals surface area (Å²) in [4.78, 5) is 21.3. The van der Waals surface area contributed by atoms with Gasteiger partial charge in [0, 0.05) is 6.54 Å². The van der Waals surface area contributed by atoms with Crippen LogP contribution in [-0.2, 0) is 4.79 Å². The number of amides is 2. The van der Waals surface area contributed by atoms with Crippen molar-refractivity contribution in [3.8, 4) is 0 Å². The van der Waals surface area contributed by atoms with E-state index in [0.29, 0.717) is 13.0 Å². The largest absolute Gasteiger partial charge is 0.465 e. The van der Waals surface area contributed by atoms with Crippen LogP contribution in [0.25, 0.3) is 0 Å². The fraction of sp³-hybridized carbons (Fsp3) is 0.714. The van der Waals surface area contributed by atoms with E-state index in [4.69, 9.17) is 5.11 Å². The lowest BCUT2D eigenvalue weighted by Gasteiger charge is -2.11. The van der Waals surface area contributed by atoms with Crippen LogP contribution in [0.5, 0.6) is 0 Å². The van der Waals surface area contributed by atoms with Gasteiger partial charge in [-0.15, -0.1) is 0 Å². The van der Waals surface area contributed by atoms with E-state index in [1.807, 2.05) is 0 Å². The number of hydrogen-bond acceptors (Lipinski definition) is 2. The average Bonchev–Trinajstić information content (AvgIpc) is 2.16. The van der Waals surface area contributed by atoms with Crippen molar-refractivity contribution in [2.45, 2.75) is 25.3 Å². The molecule has 5 nitrogen and oxygen atoms in total. The first-order valence-corrected chi connectivity index (χ1v) is 3.97. The van der Waals surface area contributed by atoms with Crippen molar-refractivity contribution < 1.29 is 14.7 Å². The second kappa shape index (κ2) is 3.94. The smallest absolute Gasteiger partial charge is 0.405 e. The molecule has 1 rings (SSSR count). The highest BCUT2D eigenvalue weighted by atomic mass is 16.4. The maximum atomic E-state index is 11.1. The number of rotatable bonds is 1. The van der Waals surface area contributed by atoms with Crippen LogP contribution in [-0.4, -0.2) is 29.7 Å². The summed E-state index contributed by atoms with van der Waals surface area (Å²) < 4.78 is 0. The van der Waals surface area contributed by atoms with Gasteiger partial charge in [0.2, 0.25) is 5.91 Å². The molecule has 0 aliphatic carbocycles. The molecular weight excluding hydrogens is 160 g/mol. The molecule has 12 heavy (non-hydrogen) atoms. The standard InChI is InChI=1S/C7H12N2O3/c10-6-5(9-7(11)12)3-1-2-4-8-6/h5,9H,1-4H2,(H,8,10)(H,11,12). The second-order valence-corrected chi connectivity index (χ2v) is 2.79. The third-order valence-corrected chi connectivity index (χ3v) is 1.83. The SMILES string of the molecule is O=C(O)NC1CCCCNC1=O. The molecule has 3 N–H and O–H groups in total. The van der Waals surface area contributed by atoms with E-state index in [1.165, 1.54) is 0 Å². The summed E-state index contributed by atoms with van der Waals surface area (Å²) in [6.07, 6.45) is 1.25. The van der Waals surface area contributed by atoms with Crippen LogP contribution in [0.3, 0.4) is 0 Å². The molecular formula is C7H12N2O3. The van der Waals surface area contributed by atoms with Gasteiger partial charge in [0.05, 0.1) is 0 Å². The zero-order valence-corrected chi connectivity index (χ0v) is 6.67. The van der Waals surface area contributed by atoms with Crippen molar-refractivity contribution in [1.29, 1.82) is 0 Å². The molecule has 0 spiro atoms. The monoisotopic (exact) mass is 172 g/mol. The summed E-state index contributed by atoms with van der Waals surface area (Å²) in [5.41, 5.74) is 0. The Kier molecular flexibility index (Phi) is 2.90. The van der Waals surface area contributed by atoms with E-state index in [0.717, 1.165) is 12.8 Å². The lowest BCUT2D eigenvalue weighted by atomic mass is 10.1. The van der Waals surface area contributed by atoms with Crippen LogP contribution in [0.1, 0.15) is 19.3 Å². The van der Waals surface area contributed by atoms with E-state index < -0.39 is 12.1 Å². The minimum atomic E-state index is -1.14. The number of hydrogen-bond donors (Lipinski definition) is 3. The van der Waals surface area contributed by atoms with Crippen molar-refractivity contribution in [3.63, 3.8) is 0 Å². The molecule has 0 saturated carbocycles. The van der Waals surface area contributed by atoms with E-state index in [1.54, 1.807) is 0 Å². The van der Waals surface area contributed by atoms with Gasteiger partial charge < -0.3 is 15.7 Å². The fourth-order valence-corrected chi connectivity index (χ4v) is 1.23. The van der Waals surface area contributed by atoms with Gasteiger partial charge in [0.15, 0.2) is 0 Å². The van der Waals surface area contributed by atoms with Crippen LogP contribution >= 0.6 is 0 Å². The molecule has 1 aliphatic rings. The van der Waals surface area contributed by atoms with Gasteiger partial charge in [-0.3, -0.25) is 4.79 Å². The van der Waals surface area contributed by atoms with Gasteiger partial charge in [-0.25, -0.2) is 4.79 Å². The first kappa shape index (κ1) is 8.83. The molecule has 0 aromatic rings. The molecule has 1 atom stereocenters. The Labute approximate surface area is 70.1 Å². The molecule has 1 heterocycles. The topological polar surface area (TPSA) is 78.4 Å². The Morgan fingerprint density at radius 3 is 3.00 bits per heavy atom. The maximum absolute atomic E-state index is 11.1. The Balaban J connectivity index is 2.47. The zero-order valence-electron chi connectivity index (χ0n) is 6.67. The second-order valence-electron chi connectivity index (χ2n) is 2.79. The molecule has 2 amide bonds. The molecule has 1 fully saturated rings. The van der Waals surface area contributed by atoms with Crippen LogP contribution < -0.4 is 10.6 Å². The molecule has 1 unspecified atom stereocenters. The Hall–Kier alpha value is -1.26. The van der Waals surface area contributed by atoms with Crippen molar-refractivity contribution >= 4 is 12.0 Å². The molecule has 68 valence electrons. The minimum absolute atomic E-state index is 0.213. The average molecular weight is 172 g/mol. The van der Waals surface area contributed by atoms with Crippen molar-refractivity contribution in [2.75, 3.05) is 6.54 Å². The van der Waals surface area contributed by atoms with Gasteiger partial charge in [0.25, 0.3) is 0 Å². The van der Waals surface area contributed by atoms with E-state index in [-0.39, 0.29) is 5.91 Å². The normalized spacial score (nSPS) is 24.0. The van der Waals surface area contributed by atoms with Gasteiger partial charge in [-0.1, -0.05) is 0 Å². The first-order valence-electron chi connectivity index (χ1n) is 3.97. The minimum Gasteiger partial charge on any atom is -0.465 e. The highest BCUT2D eigenvalue weighted by molar-refractivity contribution is 5.85. The zero-order chi connectivity index (χ0) is 8.97. The third-order valence-electron chi connectivity index (χ3n) is 1.83. The van der Waals surface area contributed by atoms with E-state index in [2.05, 4.69) is 10.6 Å². The van der Waals surface area contributed by atoms with Gasteiger partial charge >= 0.3 is 6.09 Å². The molecule has 0 aromatic carbocycles. The van der Waals surface area contributed by atoms with Crippen molar-refractivity contribution in [1.82, 2.24) is 10.6 Å². The molecule has 0 bridgehead atoms. The molecule has 1 saturated heterocycles. The van der Waals surface area contributed by atoms with Crippen LogP contribution in [0, 0.1) is 0 Å². The van der Waals surface area contributed by atoms with Crippen molar-refractivity contribution in [3.05, 3.63) is 0 Å². The lowest BCUT2D eigenvalue weighted by molar-refractivity contribution is -0.122. The van der Waals surface area contributed by atoms with Crippen LogP contribution in [0.4, 0.5) is 4.79 Å². The summed E-state index contributed by atoms with van der Waals surface area (Å²) in [7, 11) is 0. The first-order chi connectivity index (χ1) is 5.70. The fourth-order valence-electron chi connectivity index (χ4n) is 1.23. The predicted molar refractivity (Wildman–Crippen MR) is 41.8 cm³/mol. The van der Waals surface area contributed by atoms with Gasteiger partial charge in [-0.2, -0.15) is 0 Å². The van der Waals surface area contributed by atoms with Crippen molar-refractivity contribution in [2.24, 2.45) is 0 Å². The summed E-state index contributed by atoms with van der Waals surface area (Å²) in [5.74, 6) is -0.213. The van der Waals surface area contributed by atoms with E-state index in [9.17, 15) is 9.59 Å². The Bertz CT molecular complexity index is 193. The molecule has 5 heteroatoms. The molecule has 0 radical (unpaired) electrons. The number of carbonyl (C=O) groups is 2. The quantitative estimate of drug-likeness (QED) is 0.517. The Morgan fingerprint density at radius 2 is 2.33 bits per heavy atom. The summed E-state index contributed by atoms with van der Waals surface area (Å²) >= 11 is 0. The van der Waals surface area contributed by atoms with Crippen LogP contribution in [0.15, 0.2) is 0 Å². The Morgan fingerprint density at radius 1 is 1.58 bits per heavy atom. The summed E-state index contributed by atoms with van der Waals surface area (Å²) in [5, 5.41) is 13.2. The van der Waals surface area contributed by atoms with Gasteiger partial charge in [-0.05, 0) is 19.3 Å². The number of carbonyl (C=O) groups excluding carboxylic acids is 1. The van der Waals surface area contributed by atoms with Crippen LogP contribution in [0.2, 0.25) is 0 Å². The van der Waals surface area contributed by atoms with Gasteiger partial charge in [0.1, 0.15) is 6.04 Å². The highest BCUT2D eigenvalue weighted by Gasteiger charge is 2.21. The number of carboxylic acid groups (broad SMARTS) is 1. The maximum Gasteiger partial charge on any atom is 0.405 e. The number of nitrogens with one attached hydrogen (secondary N) is 2. The summed E-state index contributed by atoms with van der Waals surface area (Å²) in [6, 6.07) is -0.565. The predicted octanol–water partition coefficient (Wildman–Crippen LogP) is -0.0773. The highest BCUT2D eigenvalue weighted by Crippen LogP contribution is 2.04.